The van der Waals surface area contributed by atoms with Crippen molar-refractivity contribution in [2.75, 3.05) is 13.2 Å². The average molecular weight is 233 g/mol. The number of nitrogens with two attached hydrogens (primary N) is 1. The minimum atomic E-state index is -0.663. The van der Waals surface area contributed by atoms with Crippen LogP contribution in [0.5, 0.6) is 0 Å². The molecule has 16 heavy (non-hydrogen) atoms. The third-order valence-electron chi connectivity index (χ3n) is 2.12. The monoisotopic (exact) mass is 233 g/mol. The quantitative estimate of drug-likeness (QED) is 0.533. The molecule has 0 aromatic heterocycles. The molecule has 0 rings (SSSR count). The molecule has 0 spiro atoms. The molecule has 4 nitrogen and oxygen atoms in total. The van der Waals surface area contributed by atoms with Gasteiger partial charge in [0.25, 0.3) is 0 Å². The van der Waals surface area contributed by atoms with E-state index in [4.69, 9.17) is 15.9 Å². The van der Waals surface area contributed by atoms with Gasteiger partial charge in [0.1, 0.15) is 0 Å². The highest BCUT2D eigenvalue weighted by Crippen LogP contribution is 2.07. The summed E-state index contributed by atoms with van der Waals surface area (Å²) < 4.78 is 0. The van der Waals surface area contributed by atoms with E-state index in [1.54, 1.807) is 0 Å². The molecule has 0 aliphatic carbocycles. The van der Waals surface area contributed by atoms with Crippen LogP contribution in [-0.4, -0.2) is 29.3 Å². The van der Waals surface area contributed by atoms with E-state index in [-0.39, 0.29) is 6.61 Å². The van der Waals surface area contributed by atoms with Crippen molar-refractivity contribution in [3.8, 4) is 0 Å². The van der Waals surface area contributed by atoms with Gasteiger partial charge in [-0.1, -0.05) is 45.4 Å². The van der Waals surface area contributed by atoms with Gasteiger partial charge >= 0.3 is 5.97 Å². The third kappa shape index (κ3) is 23.3. The lowest BCUT2D eigenvalue weighted by molar-refractivity contribution is -0.137. The first-order valence-corrected chi connectivity index (χ1v) is 6.21. The van der Waals surface area contributed by atoms with Crippen molar-refractivity contribution in [2.45, 2.75) is 58.3 Å². The first-order valence-electron chi connectivity index (χ1n) is 6.21. The Morgan fingerprint density at radius 1 is 1.06 bits per heavy atom. The van der Waals surface area contributed by atoms with E-state index in [1.807, 2.05) is 0 Å². The highest BCUT2D eigenvalue weighted by atomic mass is 16.4. The maximum Gasteiger partial charge on any atom is 0.303 e. The van der Waals surface area contributed by atoms with Gasteiger partial charge < -0.3 is 15.9 Å². The molecule has 0 aliphatic heterocycles. The van der Waals surface area contributed by atoms with Crippen LogP contribution in [0.2, 0.25) is 0 Å². The molecule has 0 aliphatic rings. The normalized spacial score (nSPS) is 9.44. The summed E-state index contributed by atoms with van der Waals surface area (Å²) in [6, 6.07) is 0. The van der Waals surface area contributed by atoms with E-state index < -0.39 is 5.97 Å². The van der Waals surface area contributed by atoms with Gasteiger partial charge in [0, 0.05) is 13.0 Å². The van der Waals surface area contributed by atoms with Crippen molar-refractivity contribution < 1.29 is 15.0 Å². The lowest BCUT2D eigenvalue weighted by Crippen LogP contribution is -2.02. The molecule has 0 heterocycles. The number of carbonyl (C=O) groups is 1. The number of aliphatic hydroxyl groups excluding tert-OH is 1. The number of carboxylic acid groups (broad SMARTS) is 1. The molecule has 4 heteroatoms. The Bertz CT molecular complexity index is 138. The van der Waals surface area contributed by atoms with Crippen LogP contribution >= 0.6 is 0 Å². The van der Waals surface area contributed by atoms with E-state index in [0.717, 1.165) is 12.8 Å². The molecule has 0 unspecified atom stereocenters. The van der Waals surface area contributed by atoms with Crippen LogP contribution in [0, 0.1) is 0 Å². The fourth-order valence-corrected chi connectivity index (χ4v) is 1.23. The predicted molar refractivity (Wildman–Crippen MR) is 66.4 cm³/mol. The minimum Gasteiger partial charge on any atom is -0.481 e. The fourth-order valence-electron chi connectivity index (χ4n) is 1.23. The molecule has 98 valence electrons. The van der Waals surface area contributed by atoms with Gasteiger partial charge in [-0.2, -0.15) is 0 Å². The molecule has 0 saturated carbocycles. The van der Waals surface area contributed by atoms with Crippen LogP contribution in [0.4, 0.5) is 0 Å². The first-order chi connectivity index (χ1) is 7.68. The lowest BCUT2D eigenvalue weighted by atomic mass is 10.1. The number of unbranched alkanes of at least 4 members (excludes halogenated alkanes) is 6. The summed E-state index contributed by atoms with van der Waals surface area (Å²) in [4.78, 5) is 10.1. The van der Waals surface area contributed by atoms with Crippen LogP contribution in [0.15, 0.2) is 0 Å². The summed E-state index contributed by atoms with van der Waals surface area (Å²) in [6.07, 6.45) is 8.64. The van der Waals surface area contributed by atoms with E-state index in [1.165, 1.54) is 32.1 Å². The molecule has 0 atom stereocenters. The number of aliphatic hydroxyl groups is 1. The van der Waals surface area contributed by atoms with Crippen molar-refractivity contribution in [1.29, 1.82) is 0 Å². The molecule has 0 amide bonds. The van der Waals surface area contributed by atoms with Gasteiger partial charge in [0.15, 0.2) is 0 Å². The summed E-state index contributed by atoms with van der Waals surface area (Å²) in [7, 11) is 0. The van der Waals surface area contributed by atoms with Gasteiger partial charge in [0.2, 0.25) is 0 Å². The van der Waals surface area contributed by atoms with Crippen LogP contribution < -0.4 is 5.73 Å². The van der Waals surface area contributed by atoms with E-state index in [0.29, 0.717) is 13.0 Å². The maximum absolute atomic E-state index is 10.1. The first kappa shape index (κ1) is 17.8. The van der Waals surface area contributed by atoms with Crippen LogP contribution in [0.1, 0.15) is 58.3 Å². The molecule has 0 bridgehead atoms. The van der Waals surface area contributed by atoms with Gasteiger partial charge in [0.05, 0.1) is 6.61 Å². The largest absolute Gasteiger partial charge is 0.481 e. The Hall–Kier alpha value is -0.610. The smallest absolute Gasteiger partial charge is 0.303 e. The molecular formula is C12H27NO3. The van der Waals surface area contributed by atoms with Crippen molar-refractivity contribution in [3.63, 3.8) is 0 Å². The molecule has 0 saturated heterocycles. The van der Waals surface area contributed by atoms with Gasteiger partial charge in [-0.05, 0) is 6.42 Å². The summed E-state index contributed by atoms with van der Waals surface area (Å²) in [6.45, 7) is 2.67. The Labute approximate surface area is 98.8 Å². The second-order valence-corrected chi connectivity index (χ2v) is 3.78. The highest BCUT2D eigenvalue weighted by molar-refractivity contribution is 5.66. The standard InChI is InChI=1S/C10H20O2.C2H7NO/c1-2-3-4-5-6-7-8-9-10(11)12;3-1-2-4/h2-9H2,1H3,(H,11,12);4H,1-3H2. The zero-order valence-corrected chi connectivity index (χ0v) is 10.5. The topological polar surface area (TPSA) is 83.5 Å². The Balaban J connectivity index is 0. The van der Waals surface area contributed by atoms with E-state index in [2.05, 4.69) is 6.92 Å². The van der Waals surface area contributed by atoms with Crippen molar-refractivity contribution >= 4 is 5.97 Å². The predicted octanol–water partition coefficient (Wildman–Crippen LogP) is 2.15. The number of hydrogen-bond donors (Lipinski definition) is 3. The summed E-state index contributed by atoms with van der Waals surface area (Å²) in [5.74, 6) is -0.663. The summed E-state index contributed by atoms with van der Waals surface area (Å²) >= 11 is 0. The number of carboxylic acids is 1. The Morgan fingerprint density at radius 3 is 1.88 bits per heavy atom. The molecule has 4 N–H and O–H groups in total. The Morgan fingerprint density at radius 2 is 1.50 bits per heavy atom. The molecule has 0 aromatic carbocycles. The van der Waals surface area contributed by atoms with Crippen molar-refractivity contribution in [1.82, 2.24) is 0 Å². The lowest BCUT2D eigenvalue weighted by Gasteiger charge is -1.98. The number of rotatable bonds is 9. The third-order valence-corrected chi connectivity index (χ3v) is 2.12. The highest BCUT2D eigenvalue weighted by Gasteiger charge is 1.95. The fraction of sp³-hybridized carbons (Fsp3) is 0.917. The maximum atomic E-state index is 10.1. The second-order valence-electron chi connectivity index (χ2n) is 3.78. The van der Waals surface area contributed by atoms with Crippen LogP contribution in [-0.2, 0) is 4.79 Å². The summed E-state index contributed by atoms with van der Waals surface area (Å²) in [5.41, 5.74) is 4.78. The molecule has 0 fully saturated rings. The number of aliphatic carboxylic acids is 1. The average Bonchev–Trinajstić information content (AvgIpc) is 2.28. The molecule has 0 radical (unpaired) electrons. The van der Waals surface area contributed by atoms with Crippen LogP contribution in [0.25, 0.3) is 0 Å². The van der Waals surface area contributed by atoms with Gasteiger partial charge in [-0.3, -0.25) is 4.79 Å². The van der Waals surface area contributed by atoms with Gasteiger partial charge in [-0.25, -0.2) is 0 Å². The summed E-state index contributed by atoms with van der Waals surface area (Å²) in [5, 5.41) is 16.1. The van der Waals surface area contributed by atoms with Gasteiger partial charge in [-0.15, -0.1) is 0 Å². The van der Waals surface area contributed by atoms with Crippen LogP contribution in [0.3, 0.4) is 0 Å². The zero-order chi connectivity index (χ0) is 12.6. The Kier molecular flexibility index (Phi) is 18.7. The number of hydrogen-bond acceptors (Lipinski definition) is 3. The minimum absolute atomic E-state index is 0.0972. The molecular weight excluding hydrogens is 206 g/mol. The van der Waals surface area contributed by atoms with Crippen molar-refractivity contribution in [3.05, 3.63) is 0 Å². The van der Waals surface area contributed by atoms with Crippen molar-refractivity contribution in [2.24, 2.45) is 5.73 Å². The SMILES string of the molecule is CCCCCCCCCC(=O)O.NCCO. The van der Waals surface area contributed by atoms with E-state index >= 15 is 0 Å². The van der Waals surface area contributed by atoms with E-state index in [9.17, 15) is 4.79 Å². The zero-order valence-electron chi connectivity index (χ0n) is 10.5. The molecule has 0 aromatic rings. The second kappa shape index (κ2) is 16.8.